The van der Waals surface area contributed by atoms with E-state index in [-0.39, 0.29) is 11.4 Å². The van der Waals surface area contributed by atoms with E-state index in [4.69, 9.17) is 0 Å². The summed E-state index contributed by atoms with van der Waals surface area (Å²) in [5, 5.41) is 2.65. The Morgan fingerprint density at radius 2 is 1.96 bits per heavy atom. The molecule has 24 heavy (non-hydrogen) atoms. The van der Waals surface area contributed by atoms with Crippen molar-refractivity contribution in [2.24, 2.45) is 0 Å². The van der Waals surface area contributed by atoms with Gasteiger partial charge in [-0.25, -0.2) is 9.37 Å². The maximum atomic E-state index is 13.0. The van der Waals surface area contributed by atoms with Gasteiger partial charge in [0.05, 0.1) is 18.3 Å². The Labute approximate surface area is 145 Å². The molecule has 0 bridgehead atoms. The molecular formula is C18H13FN2OS2. The fraction of sp³-hybridized carbons (Fsp3) is 0.111. The van der Waals surface area contributed by atoms with Crippen LogP contribution in [0.3, 0.4) is 0 Å². The SMILES string of the molecule is Cc1ccc(-c2csc3ncn(Cc4ccc(F)cc4)c(=O)c23)s1. The van der Waals surface area contributed by atoms with Crippen molar-refractivity contribution in [1.29, 1.82) is 0 Å². The van der Waals surface area contributed by atoms with Gasteiger partial charge in [0.1, 0.15) is 10.6 Å². The number of rotatable bonds is 3. The molecule has 0 unspecified atom stereocenters. The van der Waals surface area contributed by atoms with E-state index in [2.05, 4.69) is 11.1 Å². The molecule has 0 saturated carbocycles. The lowest BCUT2D eigenvalue weighted by Gasteiger charge is -2.06. The van der Waals surface area contributed by atoms with Crippen molar-refractivity contribution < 1.29 is 4.39 Å². The van der Waals surface area contributed by atoms with E-state index in [1.807, 2.05) is 18.4 Å². The lowest BCUT2D eigenvalue weighted by molar-refractivity contribution is 0.626. The summed E-state index contributed by atoms with van der Waals surface area (Å²) >= 11 is 3.15. The third-order valence-corrected chi connectivity index (χ3v) is 5.75. The minimum absolute atomic E-state index is 0.0633. The Bertz CT molecular complexity index is 1080. The number of aromatic nitrogens is 2. The van der Waals surface area contributed by atoms with Crippen LogP contribution in [0.1, 0.15) is 10.4 Å². The van der Waals surface area contributed by atoms with E-state index in [9.17, 15) is 9.18 Å². The maximum absolute atomic E-state index is 13.0. The lowest BCUT2D eigenvalue weighted by atomic mass is 10.2. The van der Waals surface area contributed by atoms with Gasteiger partial charge in [-0.2, -0.15) is 0 Å². The number of nitrogens with zero attached hydrogens (tertiary/aromatic N) is 2. The van der Waals surface area contributed by atoms with E-state index in [1.165, 1.54) is 28.3 Å². The molecule has 1 aromatic carbocycles. The fourth-order valence-corrected chi connectivity index (χ4v) is 4.49. The van der Waals surface area contributed by atoms with Crippen molar-refractivity contribution in [3.05, 3.63) is 74.7 Å². The zero-order valence-corrected chi connectivity index (χ0v) is 14.5. The molecule has 4 rings (SSSR count). The number of benzene rings is 1. The largest absolute Gasteiger partial charge is 0.294 e. The predicted molar refractivity (Wildman–Crippen MR) is 97.4 cm³/mol. The summed E-state index contributed by atoms with van der Waals surface area (Å²) in [6.07, 6.45) is 1.56. The second-order valence-electron chi connectivity index (χ2n) is 5.54. The first kappa shape index (κ1) is 15.2. The molecule has 0 amide bonds. The van der Waals surface area contributed by atoms with Crippen molar-refractivity contribution in [2.75, 3.05) is 0 Å². The van der Waals surface area contributed by atoms with Crippen LogP contribution in [-0.4, -0.2) is 9.55 Å². The maximum Gasteiger partial charge on any atom is 0.263 e. The van der Waals surface area contributed by atoms with Gasteiger partial charge >= 0.3 is 0 Å². The molecule has 6 heteroatoms. The number of aryl methyl sites for hydroxylation is 1. The Hall–Kier alpha value is -2.31. The Morgan fingerprint density at radius 1 is 1.17 bits per heavy atom. The monoisotopic (exact) mass is 356 g/mol. The van der Waals surface area contributed by atoms with Crippen LogP contribution in [0.15, 0.2) is 52.9 Å². The zero-order valence-electron chi connectivity index (χ0n) is 12.8. The van der Waals surface area contributed by atoms with Crippen LogP contribution in [0.5, 0.6) is 0 Å². The van der Waals surface area contributed by atoms with Crippen LogP contribution in [0.4, 0.5) is 4.39 Å². The standard InChI is InChI=1S/C18H13FN2OS2/c1-11-2-7-15(24-11)14-9-23-17-16(14)18(22)21(10-20-17)8-12-3-5-13(19)6-4-12/h2-7,9-10H,8H2,1H3. The minimum atomic E-state index is -0.284. The molecule has 0 spiro atoms. The Morgan fingerprint density at radius 3 is 2.67 bits per heavy atom. The first-order chi connectivity index (χ1) is 11.6. The van der Waals surface area contributed by atoms with E-state index in [1.54, 1.807) is 34.4 Å². The highest BCUT2D eigenvalue weighted by molar-refractivity contribution is 7.19. The predicted octanol–water partition coefficient (Wildman–Crippen LogP) is 4.68. The first-order valence-corrected chi connectivity index (χ1v) is 9.09. The van der Waals surface area contributed by atoms with Gasteiger partial charge in [-0.05, 0) is 36.8 Å². The van der Waals surface area contributed by atoms with Crippen molar-refractivity contribution >= 4 is 32.9 Å². The Kier molecular flexibility index (Phi) is 3.78. The fourth-order valence-electron chi connectivity index (χ4n) is 2.63. The molecule has 120 valence electrons. The van der Waals surface area contributed by atoms with Crippen LogP contribution in [0.25, 0.3) is 20.7 Å². The summed E-state index contributed by atoms with van der Waals surface area (Å²) in [5.74, 6) is -0.284. The highest BCUT2D eigenvalue weighted by Crippen LogP contribution is 2.34. The van der Waals surface area contributed by atoms with Gasteiger partial charge in [-0.1, -0.05) is 12.1 Å². The highest BCUT2D eigenvalue weighted by Gasteiger charge is 2.14. The molecule has 0 atom stereocenters. The van der Waals surface area contributed by atoms with Crippen molar-refractivity contribution in [2.45, 2.75) is 13.5 Å². The first-order valence-electron chi connectivity index (χ1n) is 7.40. The molecule has 0 radical (unpaired) electrons. The summed E-state index contributed by atoms with van der Waals surface area (Å²) in [4.78, 5) is 20.4. The average Bonchev–Trinajstić information content (AvgIpc) is 3.18. The molecule has 3 heterocycles. The number of hydrogen-bond donors (Lipinski definition) is 0. The van der Waals surface area contributed by atoms with E-state index >= 15 is 0 Å². The molecule has 4 aromatic rings. The van der Waals surface area contributed by atoms with Gasteiger partial charge in [0.15, 0.2) is 0 Å². The lowest BCUT2D eigenvalue weighted by Crippen LogP contribution is -2.20. The normalized spacial score (nSPS) is 11.2. The second kappa shape index (κ2) is 5.96. The van der Waals surface area contributed by atoms with Gasteiger partial charge in [0, 0.05) is 20.7 Å². The van der Waals surface area contributed by atoms with Crippen LogP contribution in [-0.2, 0) is 6.54 Å². The van der Waals surface area contributed by atoms with Crippen molar-refractivity contribution in [3.63, 3.8) is 0 Å². The van der Waals surface area contributed by atoms with Gasteiger partial charge in [0.2, 0.25) is 0 Å². The van der Waals surface area contributed by atoms with Gasteiger partial charge < -0.3 is 0 Å². The molecule has 0 fully saturated rings. The molecule has 0 aliphatic carbocycles. The molecule has 3 aromatic heterocycles. The third kappa shape index (κ3) is 2.68. The number of hydrogen-bond acceptors (Lipinski definition) is 4. The zero-order chi connectivity index (χ0) is 16.7. The van der Waals surface area contributed by atoms with Gasteiger partial charge in [-0.15, -0.1) is 22.7 Å². The smallest absolute Gasteiger partial charge is 0.263 e. The average molecular weight is 356 g/mol. The molecule has 0 saturated heterocycles. The summed E-state index contributed by atoms with van der Waals surface area (Å²) in [6.45, 7) is 2.43. The second-order valence-corrected chi connectivity index (χ2v) is 7.69. The van der Waals surface area contributed by atoms with E-state index < -0.39 is 0 Å². The Balaban J connectivity index is 1.82. The topological polar surface area (TPSA) is 34.9 Å². The summed E-state index contributed by atoms with van der Waals surface area (Å²) in [6, 6.07) is 10.3. The van der Waals surface area contributed by atoms with Crippen LogP contribution in [0.2, 0.25) is 0 Å². The van der Waals surface area contributed by atoms with Crippen molar-refractivity contribution in [3.8, 4) is 10.4 Å². The van der Waals surface area contributed by atoms with Crippen LogP contribution >= 0.6 is 22.7 Å². The summed E-state index contributed by atoms with van der Waals surface area (Å²) < 4.78 is 14.6. The van der Waals surface area contributed by atoms with Gasteiger partial charge in [-0.3, -0.25) is 9.36 Å². The number of halogens is 1. The quantitative estimate of drug-likeness (QED) is 0.534. The van der Waals surface area contributed by atoms with Gasteiger partial charge in [0.25, 0.3) is 5.56 Å². The number of fused-ring (bicyclic) bond motifs is 1. The summed E-state index contributed by atoms with van der Waals surface area (Å²) in [7, 11) is 0. The van der Waals surface area contributed by atoms with E-state index in [0.29, 0.717) is 11.9 Å². The number of thiophene rings is 2. The minimum Gasteiger partial charge on any atom is -0.294 e. The van der Waals surface area contributed by atoms with Crippen molar-refractivity contribution in [1.82, 2.24) is 9.55 Å². The summed E-state index contributed by atoms with van der Waals surface area (Å²) in [5.41, 5.74) is 1.74. The molecule has 0 aliphatic rings. The van der Waals surface area contributed by atoms with Crippen LogP contribution < -0.4 is 5.56 Å². The highest BCUT2D eigenvalue weighted by atomic mass is 32.1. The van der Waals surface area contributed by atoms with Crippen LogP contribution in [0, 0.1) is 12.7 Å². The molecule has 3 nitrogen and oxygen atoms in total. The molecule has 0 N–H and O–H groups in total. The van der Waals surface area contributed by atoms with E-state index in [0.717, 1.165) is 20.8 Å². The molecule has 0 aliphatic heterocycles. The molecular weight excluding hydrogens is 343 g/mol. The third-order valence-electron chi connectivity index (χ3n) is 3.83.